The maximum Gasteiger partial charge on any atom is 0.246 e. The summed E-state index contributed by atoms with van der Waals surface area (Å²) in [6.45, 7) is 1.84. The van der Waals surface area contributed by atoms with E-state index in [9.17, 15) is 8.42 Å². The lowest BCUT2D eigenvalue weighted by Gasteiger charge is -2.23. The molecule has 0 radical (unpaired) electrons. The monoisotopic (exact) mass is 297 g/mol. The molecule has 2 aromatic heterocycles. The Kier molecular flexibility index (Phi) is 3.88. The maximum atomic E-state index is 12.5. The zero-order valence-corrected chi connectivity index (χ0v) is 12.3. The fourth-order valence-corrected chi connectivity index (χ4v) is 3.97. The molecule has 0 aliphatic carbocycles. The van der Waals surface area contributed by atoms with Gasteiger partial charge < -0.3 is 5.73 Å². The van der Waals surface area contributed by atoms with Crippen LogP contribution in [-0.2, 0) is 10.0 Å². The molecule has 0 aliphatic heterocycles. The Balaban J connectivity index is 2.38. The lowest BCUT2D eigenvalue weighted by atomic mass is 10.3. The van der Waals surface area contributed by atoms with Gasteiger partial charge in [-0.15, -0.1) is 11.3 Å². The van der Waals surface area contributed by atoms with Crippen LogP contribution < -0.4 is 5.73 Å². The summed E-state index contributed by atoms with van der Waals surface area (Å²) in [7, 11) is -2.09. The highest BCUT2D eigenvalue weighted by molar-refractivity contribution is 7.89. The summed E-state index contributed by atoms with van der Waals surface area (Å²) in [6.07, 6.45) is 2.75. The standard InChI is InChI=1S/C12H15N3O2S2/c1-9(11-4-3-7-18-11)15(2)19(16,17)12-8-14-6-5-10(12)13/h3-9H,1-2H3,(H2,13,14). The molecule has 0 amide bonds. The molecule has 2 N–H and O–H groups in total. The van der Waals surface area contributed by atoms with Crippen molar-refractivity contribution in [1.82, 2.24) is 9.29 Å². The Morgan fingerprint density at radius 1 is 1.42 bits per heavy atom. The number of aromatic nitrogens is 1. The van der Waals surface area contributed by atoms with Crippen LogP contribution in [0.3, 0.4) is 0 Å². The van der Waals surface area contributed by atoms with E-state index in [1.54, 1.807) is 7.05 Å². The topological polar surface area (TPSA) is 76.3 Å². The quantitative estimate of drug-likeness (QED) is 0.937. The molecular formula is C12H15N3O2S2. The van der Waals surface area contributed by atoms with Gasteiger partial charge in [-0.05, 0) is 24.4 Å². The third-order valence-electron chi connectivity index (χ3n) is 2.97. The first-order chi connectivity index (χ1) is 8.94. The highest BCUT2D eigenvalue weighted by Gasteiger charge is 2.28. The highest BCUT2D eigenvalue weighted by Crippen LogP contribution is 2.29. The van der Waals surface area contributed by atoms with Gasteiger partial charge in [-0.1, -0.05) is 6.07 Å². The molecule has 0 saturated carbocycles. The van der Waals surface area contributed by atoms with E-state index in [2.05, 4.69) is 4.98 Å². The van der Waals surface area contributed by atoms with Crippen LogP contribution in [0, 0.1) is 0 Å². The van der Waals surface area contributed by atoms with Gasteiger partial charge in [-0.3, -0.25) is 4.98 Å². The molecule has 2 aromatic rings. The van der Waals surface area contributed by atoms with E-state index in [1.165, 1.54) is 34.1 Å². The molecule has 0 aliphatic rings. The van der Waals surface area contributed by atoms with Gasteiger partial charge in [0.1, 0.15) is 4.90 Å². The number of anilines is 1. The molecule has 1 unspecified atom stereocenters. The Labute approximate surface area is 116 Å². The highest BCUT2D eigenvalue weighted by atomic mass is 32.2. The Bertz CT molecular complexity index is 653. The Morgan fingerprint density at radius 3 is 2.74 bits per heavy atom. The number of sulfonamides is 1. The molecule has 5 nitrogen and oxygen atoms in total. The van der Waals surface area contributed by atoms with Crippen molar-refractivity contribution < 1.29 is 8.42 Å². The fraction of sp³-hybridized carbons (Fsp3) is 0.250. The smallest absolute Gasteiger partial charge is 0.246 e. The number of nitrogens with zero attached hydrogens (tertiary/aromatic N) is 2. The van der Waals surface area contributed by atoms with Gasteiger partial charge >= 0.3 is 0 Å². The van der Waals surface area contributed by atoms with Crippen molar-refractivity contribution in [2.24, 2.45) is 0 Å². The first-order valence-electron chi connectivity index (χ1n) is 5.65. The molecule has 0 saturated heterocycles. The predicted octanol–water partition coefficient (Wildman–Crippen LogP) is 2.11. The average Bonchev–Trinajstić information content (AvgIpc) is 2.91. The summed E-state index contributed by atoms with van der Waals surface area (Å²) in [4.78, 5) is 4.86. The van der Waals surface area contributed by atoms with Crippen LogP contribution in [0.15, 0.2) is 40.9 Å². The van der Waals surface area contributed by atoms with Gasteiger partial charge in [-0.2, -0.15) is 4.31 Å². The fourth-order valence-electron chi connectivity index (χ4n) is 1.68. The summed E-state index contributed by atoms with van der Waals surface area (Å²) in [6, 6.07) is 5.05. The van der Waals surface area contributed by atoms with Crippen molar-refractivity contribution in [3.63, 3.8) is 0 Å². The van der Waals surface area contributed by atoms with Gasteiger partial charge in [0.15, 0.2) is 0 Å². The molecule has 2 heterocycles. The number of nitrogen functional groups attached to an aromatic ring is 1. The molecule has 1 atom stereocenters. The minimum Gasteiger partial charge on any atom is -0.398 e. The molecule has 7 heteroatoms. The van der Waals surface area contributed by atoms with Crippen LogP contribution in [0.5, 0.6) is 0 Å². The second-order valence-electron chi connectivity index (χ2n) is 4.13. The van der Waals surface area contributed by atoms with E-state index in [0.29, 0.717) is 0 Å². The van der Waals surface area contributed by atoms with Crippen LogP contribution in [0.25, 0.3) is 0 Å². The largest absolute Gasteiger partial charge is 0.398 e. The van der Waals surface area contributed by atoms with E-state index in [4.69, 9.17) is 5.73 Å². The van der Waals surface area contributed by atoms with Crippen molar-refractivity contribution in [1.29, 1.82) is 0 Å². The van der Waals surface area contributed by atoms with E-state index in [0.717, 1.165) is 4.88 Å². The van der Waals surface area contributed by atoms with Crippen LogP contribution in [0.1, 0.15) is 17.8 Å². The molecule has 0 spiro atoms. The van der Waals surface area contributed by atoms with Gasteiger partial charge in [-0.25, -0.2) is 8.42 Å². The molecule has 0 fully saturated rings. The number of hydrogen-bond acceptors (Lipinski definition) is 5. The normalized spacial score (nSPS) is 13.6. The van der Waals surface area contributed by atoms with E-state index in [-0.39, 0.29) is 16.6 Å². The minimum absolute atomic E-state index is 0.0425. The third-order valence-corrected chi connectivity index (χ3v) is 5.99. The zero-order chi connectivity index (χ0) is 14.0. The van der Waals surface area contributed by atoms with E-state index < -0.39 is 10.0 Å². The van der Waals surface area contributed by atoms with Crippen molar-refractivity contribution in [2.45, 2.75) is 17.9 Å². The predicted molar refractivity (Wildman–Crippen MR) is 76.3 cm³/mol. The first-order valence-corrected chi connectivity index (χ1v) is 7.97. The summed E-state index contributed by atoms with van der Waals surface area (Å²) < 4.78 is 26.3. The molecule has 0 bridgehead atoms. The molecule has 2 rings (SSSR count). The van der Waals surface area contributed by atoms with Crippen LogP contribution in [0.4, 0.5) is 5.69 Å². The van der Waals surface area contributed by atoms with Gasteiger partial charge in [0.2, 0.25) is 10.0 Å². The number of pyridine rings is 1. The summed E-state index contributed by atoms with van der Waals surface area (Å²) in [5.41, 5.74) is 5.93. The van der Waals surface area contributed by atoms with Crippen molar-refractivity contribution >= 4 is 27.0 Å². The molecular weight excluding hydrogens is 282 g/mol. The number of nitrogens with two attached hydrogens (primary N) is 1. The molecule has 102 valence electrons. The Hall–Kier alpha value is -1.44. The summed E-state index contributed by atoms with van der Waals surface area (Å²) in [5.74, 6) is 0. The zero-order valence-electron chi connectivity index (χ0n) is 10.6. The van der Waals surface area contributed by atoms with Gasteiger partial charge in [0, 0.05) is 24.3 Å². The van der Waals surface area contributed by atoms with Crippen LogP contribution in [-0.4, -0.2) is 24.8 Å². The Morgan fingerprint density at radius 2 is 2.16 bits per heavy atom. The summed E-state index contributed by atoms with van der Waals surface area (Å²) >= 11 is 1.52. The number of hydrogen-bond donors (Lipinski definition) is 1. The van der Waals surface area contributed by atoms with Gasteiger partial charge in [0.25, 0.3) is 0 Å². The SMILES string of the molecule is CC(c1cccs1)N(C)S(=O)(=O)c1cnccc1N. The number of rotatable bonds is 4. The van der Waals surface area contributed by atoms with Crippen molar-refractivity contribution in [3.05, 3.63) is 40.8 Å². The maximum absolute atomic E-state index is 12.5. The minimum atomic E-state index is -3.64. The van der Waals surface area contributed by atoms with Gasteiger partial charge in [0.05, 0.1) is 11.7 Å². The lowest BCUT2D eigenvalue weighted by molar-refractivity contribution is 0.403. The van der Waals surface area contributed by atoms with Crippen LogP contribution >= 0.6 is 11.3 Å². The summed E-state index contributed by atoms with van der Waals surface area (Å²) in [5, 5.41) is 1.92. The third kappa shape index (κ3) is 2.63. The van der Waals surface area contributed by atoms with E-state index >= 15 is 0 Å². The van der Waals surface area contributed by atoms with Crippen molar-refractivity contribution in [3.8, 4) is 0 Å². The first kappa shape index (κ1) is 14.0. The van der Waals surface area contributed by atoms with Crippen molar-refractivity contribution in [2.75, 3.05) is 12.8 Å². The molecule has 19 heavy (non-hydrogen) atoms. The average molecular weight is 297 g/mol. The van der Waals surface area contributed by atoms with Crippen LogP contribution in [0.2, 0.25) is 0 Å². The lowest BCUT2D eigenvalue weighted by Crippen LogP contribution is -2.30. The second kappa shape index (κ2) is 5.28. The molecule has 0 aromatic carbocycles. The van der Waals surface area contributed by atoms with E-state index in [1.807, 2.05) is 24.4 Å². The number of thiophene rings is 1. The second-order valence-corrected chi connectivity index (χ2v) is 7.07.